The van der Waals surface area contributed by atoms with Crippen LogP contribution >= 0.6 is 0 Å². The van der Waals surface area contributed by atoms with Gasteiger partial charge in [-0.25, -0.2) is 21.9 Å². The van der Waals surface area contributed by atoms with Crippen LogP contribution in [0.3, 0.4) is 0 Å². The van der Waals surface area contributed by atoms with Crippen molar-refractivity contribution in [2.24, 2.45) is 0 Å². The maximum Gasteiger partial charge on any atom is 0.243 e. The van der Waals surface area contributed by atoms with Gasteiger partial charge < -0.3 is 9.47 Å². The molecule has 0 aliphatic carbocycles. The molecular formula is C12H15F2NO4S. The van der Waals surface area contributed by atoms with Gasteiger partial charge in [0.15, 0.2) is 5.79 Å². The maximum atomic E-state index is 13.4. The van der Waals surface area contributed by atoms with E-state index in [-0.39, 0.29) is 13.2 Å². The van der Waals surface area contributed by atoms with Crippen molar-refractivity contribution in [1.82, 2.24) is 4.72 Å². The van der Waals surface area contributed by atoms with Crippen LogP contribution in [0.5, 0.6) is 0 Å². The van der Waals surface area contributed by atoms with Gasteiger partial charge in [0.25, 0.3) is 0 Å². The van der Waals surface area contributed by atoms with Crippen LogP contribution < -0.4 is 4.72 Å². The molecule has 20 heavy (non-hydrogen) atoms. The SMILES string of the molecule is CC1(C)OCC(CNS(=O)(=O)c2cc(F)ccc2F)O1. The fourth-order valence-corrected chi connectivity index (χ4v) is 2.98. The molecule has 0 bridgehead atoms. The van der Waals surface area contributed by atoms with E-state index in [1.165, 1.54) is 0 Å². The van der Waals surface area contributed by atoms with Gasteiger partial charge in [0.05, 0.1) is 12.7 Å². The summed E-state index contributed by atoms with van der Waals surface area (Å²) in [4.78, 5) is -0.726. The van der Waals surface area contributed by atoms with Crippen molar-refractivity contribution in [2.45, 2.75) is 30.6 Å². The molecule has 0 saturated carbocycles. The number of ether oxygens (including phenoxy) is 2. The molecule has 0 radical (unpaired) electrons. The van der Waals surface area contributed by atoms with E-state index in [1.54, 1.807) is 13.8 Å². The normalized spacial score (nSPS) is 22.1. The molecule has 0 spiro atoms. The van der Waals surface area contributed by atoms with E-state index in [9.17, 15) is 17.2 Å². The molecule has 1 aliphatic rings. The summed E-state index contributed by atoms with van der Waals surface area (Å²) < 4.78 is 63.2. The summed E-state index contributed by atoms with van der Waals surface area (Å²) in [6, 6.07) is 2.25. The number of hydrogen-bond donors (Lipinski definition) is 1. The number of nitrogens with one attached hydrogen (secondary N) is 1. The molecule has 1 saturated heterocycles. The molecule has 2 rings (SSSR count). The molecule has 1 aromatic carbocycles. The highest BCUT2D eigenvalue weighted by Gasteiger charge is 2.33. The fourth-order valence-electron chi connectivity index (χ4n) is 1.83. The zero-order valence-corrected chi connectivity index (χ0v) is 11.8. The average Bonchev–Trinajstić information content (AvgIpc) is 2.70. The second-order valence-corrected chi connectivity index (χ2v) is 6.61. The van der Waals surface area contributed by atoms with E-state index in [0.717, 1.165) is 12.1 Å². The first kappa shape index (κ1) is 15.3. The molecule has 1 unspecified atom stereocenters. The Morgan fingerprint density at radius 2 is 2.10 bits per heavy atom. The summed E-state index contributed by atoms with van der Waals surface area (Å²) in [5.41, 5.74) is 0. The minimum Gasteiger partial charge on any atom is -0.348 e. The van der Waals surface area contributed by atoms with E-state index in [0.29, 0.717) is 6.07 Å². The lowest BCUT2D eigenvalue weighted by Gasteiger charge is -2.17. The Kier molecular flexibility index (Phi) is 4.10. The summed E-state index contributed by atoms with van der Waals surface area (Å²) in [6.45, 7) is 3.55. The largest absolute Gasteiger partial charge is 0.348 e. The Balaban J connectivity index is 2.07. The van der Waals surface area contributed by atoms with Gasteiger partial charge in [-0.1, -0.05) is 0 Å². The Morgan fingerprint density at radius 1 is 1.40 bits per heavy atom. The Labute approximate surface area is 115 Å². The lowest BCUT2D eigenvalue weighted by atomic mass is 10.3. The minimum absolute atomic E-state index is 0.0816. The summed E-state index contributed by atoms with van der Waals surface area (Å²) in [5, 5.41) is 0. The van der Waals surface area contributed by atoms with Crippen molar-refractivity contribution >= 4 is 10.0 Å². The van der Waals surface area contributed by atoms with Crippen LogP contribution in [0.2, 0.25) is 0 Å². The fraction of sp³-hybridized carbons (Fsp3) is 0.500. The van der Waals surface area contributed by atoms with Gasteiger partial charge in [-0.05, 0) is 32.0 Å². The van der Waals surface area contributed by atoms with Crippen molar-refractivity contribution in [3.63, 3.8) is 0 Å². The number of hydrogen-bond acceptors (Lipinski definition) is 4. The number of sulfonamides is 1. The van der Waals surface area contributed by atoms with E-state index < -0.39 is 38.4 Å². The van der Waals surface area contributed by atoms with Crippen LogP contribution in [-0.2, 0) is 19.5 Å². The van der Waals surface area contributed by atoms with Crippen molar-refractivity contribution in [3.05, 3.63) is 29.8 Å². The summed E-state index contributed by atoms with van der Waals surface area (Å²) in [6.07, 6.45) is -0.476. The molecule has 0 aromatic heterocycles. The van der Waals surface area contributed by atoms with Crippen LogP contribution in [0.1, 0.15) is 13.8 Å². The van der Waals surface area contributed by atoms with Crippen LogP contribution in [-0.4, -0.2) is 33.5 Å². The molecule has 1 aromatic rings. The quantitative estimate of drug-likeness (QED) is 0.913. The molecular weight excluding hydrogens is 292 g/mol. The molecule has 112 valence electrons. The smallest absolute Gasteiger partial charge is 0.243 e. The summed E-state index contributed by atoms with van der Waals surface area (Å²) in [5.74, 6) is -2.61. The van der Waals surface area contributed by atoms with Gasteiger partial charge in [0.2, 0.25) is 10.0 Å². The zero-order valence-electron chi connectivity index (χ0n) is 11.0. The summed E-state index contributed by atoms with van der Waals surface area (Å²) >= 11 is 0. The first-order chi connectivity index (χ1) is 9.20. The standard InChI is InChI=1S/C12H15F2NO4S/c1-12(2)18-7-9(19-12)6-15-20(16,17)11-5-8(13)3-4-10(11)14/h3-5,9,15H,6-7H2,1-2H3. The molecule has 1 heterocycles. The molecule has 0 amide bonds. The van der Waals surface area contributed by atoms with Crippen molar-refractivity contribution in [2.75, 3.05) is 13.2 Å². The highest BCUT2D eigenvalue weighted by atomic mass is 32.2. The first-order valence-electron chi connectivity index (χ1n) is 5.96. The molecule has 8 heteroatoms. The third kappa shape index (κ3) is 3.51. The predicted octanol–water partition coefficient (Wildman–Crippen LogP) is 1.39. The number of rotatable bonds is 4. The monoisotopic (exact) mass is 307 g/mol. The second kappa shape index (κ2) is 5.36. The van der Waals surface area contributed by atoms with E-state index >= 15 is 0 Å². The third-order valence-electron chi connectivity index (χ3n) is 2.75. The Hall–Kier alpha value is -1.09. The van der Waals surface area contributed by atoms with Gasteiger partial charge in [0, 0.05) is 6.54 Å². The van der Waals surface area contributed by atoms with Crippen molar-refractivity contribution in [1.29, 1.82) is 0 Å². The van der Waals surface area contributed by atoms with E-state index in [4.69, 9.17) is 9.47 Å². The topological polar surface area (TPSA) is 64.6 Å². The molecule has 1 atom stereocenters. The van der Waals surface area contributed by atoms with Gasteiger partial charge in [-0.15, -0.1) is 0 Å². The molecule has 1 fully saturated rings. The van der Waals surface area contributed by atoms with Gasteiger partial charge in [0.1, 0.15) is 16.5 Å². The number of halogens is 2. The Morgan fingerprint density at radius 3 is 2.70 bits per heavy atom. The minimum atomic E-state index is -4.14. The Bertz CT molecular complexity index is 603. The zero-order chi connectivity index (χ0) is 15.0. The van der Waals surface area contributed by atoms with Gasteiger partial charge in [-0.2, -0.15) is 0 Å². The van der Waals surface area contributed by atoms with Gasteiger partial charge >= 0.3 is 0 Å². The first-order valence-corrected chi connectivity index (χ1v) is 7.44. The van der Waals surface area contributed by atoms with E-state index in [1.807, 2.05) is 0 Å². The third-order valence-corrected chi connectivity index (χ3v) is 4.19. The molecule has 1 N–H and O–H groups in total. The van der Waals surface area contributed by atoms with Crippen molar-refractivity contribution in [3.8, 4) is 0 Å². The second-order valence-electron chi connectivity index (χ2n) is 4.88. The van der Waals surface area contributed by atoms with Crippen LogP contribution in [0.25, 0.3) is 0 Å². The van der Waals surface area contributed by atoms with Crippen LogP contribution in [0, 0.1) is 11.6 Å². The highest BCUT2D eigenvalue weighted by molar-refractivity contribution is 7.89. The predicted molar refractivity (Wildman–Crippen MR) is 66.5 cm³/mol. The van der Waals surface area contributed by atoms with Gasteiger partial charge in [-0.3, -0.25) is 0 Å². The highest BCUT2D eigenvalue weighted by Crippen LogP contribution is 2.22. The maximum absolute atomic E-state index is 13.4. The van der Waals surface area contributed by atoms with Crippen LogP contribution in [0.4, 0.5) is 8.78 Å². The lowest BCUT2D eigenvalue weighted by molar-refractivity contribution is -0.137. The molecule has 1 aliphatic heterocycles. The lowest BCUT2D eigenvalue weighted by Crippen LogP contribution is -2.34. The van der Waals surface area contributed by atoms with Crippen LogP contribution in [0.15, 0.2) is 23.1 Å². The number of benzene rings is 1. The average molecular weight is 307 g/mol. The van der Waals surface area contributed by atoms with Crippen molar-refractivity contribution < 1.29 is 26.7 Å². The van der Waals surface area contributed by atoms with E-state index in [2.05, 4.69) is 4.72 Å². The summed E-state index contributed by atoms with van der Waals surface area (Å²) in [7, 11) is -4.14. The molecule has 5 nitrogen and oxygen atoms in total.